The lowest BCUT2D eigenvalue weighted by atomic mass is 10.1. The zero-order valence-electron chi connectivity index (χ0n) is 10.5. The molecule has 100 valence electrons. The van der Waals surface area contributed by atoms with Gasteiger partial charge in [-0.05, 0) is 38.3 Å². The molecule has 1 saturated heterocycles. The maximum Gasteiger partial charge on any atom is 0.243 e. The fourth-order valence-corrected chi connectivity index (χ4v) is 4.21. The van der Waals surface area contributed by atoms with Gasteiger partial charge in [-0.3, -0.25) is 0 Å². The van der Waals surface area contributed by atoms with E-state index in [-0.39, 0.29) is 6.04 Å². The topological polar surface area (TPSA) is 57.6 Å². The number of rotatable bonds is 4. The van der Waals surface area contributed by atoms with Crippen molar-refractivity contribution in [3.63, 3.8) is 0 Å². The van der Waals surface area contributed by atoms with E-state index in [1.54, 1.807) is 37.3 Å². The number of nitrogens with zero attached hydrogens (tertiary/aromatic N) is 1. The third-order valence-electron chi connectivity index (χ3n) is 3.29. The van der Waals surface area contributed by atoms with Crippen LogP contribution in [0.3, 0.4) is 0 Å². The highest BCUT2D eigenvalue weighted by Gasteiger charge is 2.35. The van der Waals surface area contributed by atoms with Crippen LogP contribution in [-0.4, -0.2) is 36.5 Å². The lowest BCUT2D eigenvalue weighted by Gasteiger charge is -2.25. The summed E-state index contributed by atoms with van der Waals surface area (Å²) in [6, 6.07) is 8.42. The van der Waals surface area contributed by atoms with Crippen LogP contribution < -0.4 is 0 Å². The normalized spacial score (nSPS) is 23.1. The second kappa shape index (κ2) is 5.38. The summed E-state index contributed by atoms with van der Waals surface area (Å²) in [6.45, 7) is 2.25. The summed E-state index contributed by atoms with van der Waals surface area (Å²) in [5, 5.41) is 9.45. The predicted octanol–water partition coefficient (Wildman–Crippen LogP) is 1.61. The number of sulfonamides is 1. The molecule has 2 rings (SSSR count). The average molecular weight is 269 g/mol. The van der Waals surface area contributed by atoms with E-state index < -0.39 is 16.1 Å². The maximum atomic E-state index is 12.5. The van der Waals surface area contributed by atoms with E-state index in [9.17, 15) is 13.5 Å². The summed E-state index contributed by atoms with van der Waals surface area (Å²) >= 11 is 0. The van der Waals surface area contributed by atoms with Gasteiger partial charge in [-0.25, -0.2) is 8.42 Å². The smallest absolute Gasteiger partial charge is 0.243 e. The summed E-state index contributed by atoms with van der Waals surface area (Å²) in [7, 11) is -3.41. The van der Waals surface area contributed by atoms with Gasteiger partial charge in [0, 0.05) is 12.6 Å². The van der Waals surface area contributed by atoms with E-state index in [4.69, 9.17) is 0 Å². The minimum atomic E-state index is -3.41. The third-order valence-corrected chi connectivity index (χ3v) is 5.25. The third kappa shape index (κ3) is 2.74. The first kappa shape index (κ1) is 13.5. The van der Waals surface area contributed by atoms with E-state index in [1.807, 2.05) is 0 Å². The maximum absolute atomic E-state index is 12.5. The Hall–Kier alpha value is -0.910. The Balaban J connectivity index is 2.24. The molecule has 1 aromatic rings. The molecule has 0 aliphatic carbocycles. The van der Waals surface area contributed by atoms with Gasteiger partial charge in [-0.15, -0.1) is 0 Å². The molecule has 1 heterocycles. The molecule has 5 heteroatoms. The SMILES string of the molecule is CC(O)CC1CCCN1S(=O)(=O)c1ccccc1. The largest absolute Gasteiger partial charge is 0.393 e. The van der Waals surface area contributed by atoms with Gasteiger partial charge in [0.15, 0.2) is 0 Å². The highest BCUT2D eigenvalue weighted by molar-refractivity contribution is 7.89. The molecule has 0 saturated carbocycles. The zero-order chi connectivity index (χ0) is 13.2. The second-order valence-electron chi connectivity index (χ2n) is 4.81. The minimum Gasteiger partial charge on any atom is -0.393 e. The highest BCUT2D eigenvalue weighted by Crippen LogP contribution is 2.28. The van der Waals surface area contributed by atoms with Gasteiger partial charge >= 0.3 is 0 Å². The van der Waals surface area contributed by atoms with Crippen LogP contribution in [0.15, 0.2) is 35.2 Å². The van der Waals surface area contributed by atoms with E-state index in [1.165, 1.54) is 4.31 Å². The number of hydrogen-bond acceptors (Lipinski definition) is 3. The molecule has 0 spiro atoms. The van der Waals surface area contributed by atoms with E-state index in [2.05, 4.69) is 0 Å². The van der Waals surface area contributed by atoms with Crippen molar-refractivity contribution in [3.8, 4) is 0 Å². The van der Waals surface area contributed by atoms with Gasteiger partial charge in [0.2, 0.25) is 10.0 Å². The molecular weight excluding hydrogens is 250 g/mol. The van der Waals surface area contributed by atoms with Crippen LogP contribution in [-0.2, 0) is 10.0 Å². The predicted molar refractivity (Wildman–Crippen MR) is 69.7 cm³/mol. The summed E-state index contributed by atoms with van der Waals surface area (Å²) in [6.07, 6.45) is 1.73. The molecule has 0 amide bonds. The summed E-state index contributed by atoms with van der Waals surface area (Å²) < 4.78 is 26.5. The van der Waals surface area contributed by atoms with E-state index >= 15 is 0 Å². The quantitative estimate of drug-likeness (QED) is 0.903. The van der Waals surface area contributed by atoms with Crippen LogP contribution in [0.2, 0.25) is 0 Å². The molecule has 1 aliphatic rings. The minimum absolute atomic E-state index is 0.0739. The monoisotopic (exact) mass is 269 g/mol. The highest BCUT2D eigenvalue weighted by atomic mass is 32.2. The van der Waals surface area contributed by atoms with Crippen LogP contribution in [0.4, 0.5) is 0 Å². The fourth-order valence-electron chi connectivity index (χ4n) is 2.48. The van der Waals surface area contributed by atoms with Crippen LogP contribution in [0.25, 0.3) is 0 Å². The van der Waals surface area contributed by atoms with Crippen molar-refractivity contribution >= 4 is 10.0 Å². The molecule has 1 aromatic carbocycles. The van der Waals surface area contributed by atoms with Crippen LogP contribution in [0.1, 0.15) is 26.2 Å². The Morgan fingerprint density at radius 3 is 2.67 bits per heavy atom. The molecule has 2 atom stereocenters. The van der Waals surface area contributed by atoms with Crippen molar-refractivity contribution in [1.29, 1.82) is 0 Å². The van der Waals surface area contributed by atoms with Crippen molar-refractivity contribution in [2.75, 3.05) is 6.54 Å². The van der Waals surface area contributed by atoms with Gasteiger partial charge < -0.3 is 5.11 Å². The van der Waals surface area contributed by atoms with Gasteiger partial charge in [0.1, 0.15) is 0 Å². The van der Waals surface area contributed by atoms with E-state index in [0.29, 0.717) is 17.9 Å². The first-order valence-electron chi connectivity index (χ1n) is 6.27. The summed E-state index contributed by atoms with van der Waals surface area (Å²) in [5.41, 5.74) is 0. The summed E-state index contributed by atoms with van der Waals surface area (Å²) in [5.74, 6) is 0. The molecule has 0 radical (unpaired) electrons. The lowest BCUT2D eigenvalue weighted by molar-refractivity contribution is 0.158. The van der Waals surface area contributed by atoms with Crippen LogP contribution in [0.5, 0.6) is 0 Å². The Labute approximate surface area is 108 Å². The first-order valence-corrected chi connectivity index (χ1v) is 7.71. The van der Waals surface area contributed by atoms with Crippen molar-refractivity contribution < 1.29 is 13.5 Å². The molecule has 18 heavy (non-hydrogen) atoms. The molecule has 1 N–H and O–H groups in total. The fraction of sp³-hybridized carbons (Fsp3) is 0.538. The van der Waals surface area contributed by atoms with Crippen molar-refractivity contribution in [1.82, 2.24) is 4.31 Å². The van der Waals surface area contributed by atoms with Crippen molar-refractivity contribution in [2.45, 2.75) is 43.2 Å². The van der Waals surface area contributed by atoms with E-state index in [0.717, 1.165) is 12.8 Å². The number of aliphatic hydroxyl groups is 1. The Morgan fingerprint density at radius 2 is 2.06 bits per heavy atom. The van der Waals surface area contributed by atoms with Gasteiger partial charge in [0.25, 0.3) is 0 Å². The summed E-state index contributed by atoms with van der Waals surface area (Å²) in [4.78, 5) is 0.336. The molecule has 0 bridgehead atoms. The number of benzene rings is 1. The zero-order valence-corrected chi connectivity index (χ0v) is 11.3. The number of hydrogen-bond donors (Lipinski definition) is 1. The Kier molecular flexibility index (Phi) is 4.04. The standard InChI is InChI=1S/C13H19NO3S/c1-11(15)10-12-6-5-9-14(12)18(16,17)13-7-3-2-4-8-13/h2-4,7-8,11-12,15H,5-6,9-10H2,1H3. The van der Waals surface area contributed by atoms with Crippen LogP contribution >= 0.6 is 0 Å². The van der Waals surface area contributed by atoms with Crippen LogP contribution in [0, 0.1) is 0 Å². The molecule has 2 unspecified atom stereocenters. The molecule has 0 aromatic heterocycles. The van der Waals surface area contributed by atoms with Gasteiger partial charge in [-0.2, -0.15) is 4.31 Å². The first-order chi connectivity index (χ1) is 8.51. The average Bonchev–Trinajstić information content (AvgIpc) is 2.78. The molecule has 4 nitrogen and oxygen atoms in total. The van der Waals surface area contributed by atoms with Crippen molar-refractivity contribution in [2.24, 2.45) is 0 Å². The van der Waals surface area contributed by atoms with Gasteiger partial charge in [-0.1, -0.05) is 18.2 Å². The molecule has 1 fully saturated rings. The van der Waals surface area contributed by atoms with Crippen molar-refractivity contribution in [3.05, 3.63) is 30.3 Å². The second-order valence-corrected chi connectivity index (χ2v) is 6.70. The number of aliphatic hydroxyl groups excluding tert-OH is 1. The molecule has 1 aliphatic heterocycles. The lowest BCUT2D eigenvalue weighted by Crippen LogP contribution is -2.37. The van der Waals surface area contributed by atoms with Gasteiger partial charge in [0.05, 0.1) is 11.0 Å². The Bertz CT molecular complexity index is 484. The Morgan fingerprint density at radius 1 is 1.39 bits per heavy atom. The molecular formula is C13H19NO3S.